The topological polar surface area (TPSA) is 67.9 Å². The average Bonchev–Trinajstić information content (AvgIpc) is 3.23. The highest BCUT2D eigenvalue weighted by atomic mass is 16.5. The summed E-state index contributed by atoms with van der Waals surface area (Å²) in [5.41, 5.74) is 5.67. The summed E-state index contributed by atoms with van der Waals surface area (Å²) in [5, 5.41) is 0. The van der Waals surface area contributed by atoms with Gasteiger partial charge in [-0.25, -0.2) is 4.98 Å². The number of aromatic nitrogens is 1. The molecule has 0 spiro atoms. The second kappa shape index (κ2) is 9.88. The van der Waals surface area contributed by atoms with Crippen LogP contribution in [0, 0.1) is 6.92 Å². The van der Waals surface area contributed by atoms with E-state index in [1.807, 2.05) is 41.3 Å². The molecule has 6 heteroatoms. The van der Waals surface area contributed by atoms with Crippen molar-refractivity contribution in [3.63, 3.8) is 0 Å². The second-order valence-electron chi connectivity index (χ2n) is 8.04. The molecule has 0 N–H and O–H groups in total. The fraction of sp³-hybridized carbons (Fsp3) is 0.400. The molecule has 0 radical (unpaired) electrons. The first-order valence-corrected chi connectivity index (χ1v) is 11.0. The van der Waals surface area contributed by atoms with E-state index in [0.29, 0.717) is 25.5 Å². The number of rotatable bonds is 7. The Kier molecular flexibility index (Phi) is 6.77. The highest BCUT2D eigenvalue weighted by molar-refractivity contribution is 5.85. The first-order chi connectivity index (χ1) is 15.1. The average molecular weight is 420 g/mol. The van der Waals surface area contributed by atoms with Crippen molar-refractivity contribution in [3.05, 3.63) is 48.0 Å². The Bertz CT molecular complexity index is 1050. The smallest absolute Gasteiger partial charge is 0.227 e. The fourth-order valence-electron chi connectivity index (χ4n) is 3.75. The van der Waals surface area contributed by atoms with Crippen molar-refractivity contribution in [2.24, 2.45) is 4.99 Å². The second-order valence-corrected chi connectivity index (χ2v) is 8.04. The van der Waals surface area contributed by atoms with Gasteiger partial charge in [0.05, 0.1) is 18.9 Å². The van der Waals surface area contributed by atoms with Crippen LogP contribution in [0.5, 0.6) is 0 Å². The van der Waals surface area contributed by atoms with Gasteiger partial charge in [-0.2, -0.15) is 0 Å². The predicted molar refractivity (Wildman–Crippen MR) is 123 cm³/mol. The standard InChI is InChI=1S/C25H29N3O3/c1-18-11-12-20(25-27-21-8-4-5-9-23(21)31-25)17-22(18)26-19(2)7-3-6-10-24(29)28-13-15-30-16-14-28/h4-5,8-9,11-12,17H,3,6-7,10,13-16H2,1-2H3. The third-order valence-corrected chi connectivity index (χ3v) is 5.60. The van der Waals surface area contributed by atoms with Gasteiger partial charge in [0.15, 0.2) is 5.58 Å². The van der Waals surface area contributed by atoms with E-state index in [1.54, 1.807) is 0 Å². The number of carbonyl (C=O) groups excluding carboxylic acids is 1. The van der Waals surface area contributed by atoms with Crippen molar-refractivity contribution in [1.29, 1.82) is 0 Å². The van der Waals surface area contributed by atoms with E-state index < -0.39 is 0 Å². The largest absolute Gasteiger partial charge is 0.436 e. The molecule has 1 aliphatic heterocycles. The Morgan fingerprint density at radius 3 is 2.68 bits per heavy atom. The number of nitrogens with zero attached hydrogens (tertiary/aromatic N) is 3. The van der Waals surface area contributed by atoms with Gasteiger partial charge in [-0.15, -0.1) is 0 Å². The van der Waals surface area contributed by atoms with Gasteiger partial charge in [0, 0.05) is 30.8 Å². The molecular weight excluding hydrogens is 390 g/mol. The number of unbranched alkanes of at least 4 members (excludes halogenated alkanes) is 1. The first kappa shape index (κ1) is 21.2. The number of aryl methyl sites for hydroxylation is 1. The van der Waals surface area contributed by atoms with E-state index in [1.165, 1.54) is 0 Å². The Balaban J connectivity index is 1.36. The van der Waals surface area contributed by atoms with E-state index in [4.69, 9.17) is 14.1 Å². The number of hydrogen-bond donors (Lipinski definition) is 0. The summed E-state index contributed by atoms with van der Waals surface area (Å²) in [4.78, 5) is 23.6. The van der Waals surface area contributed by atoms with E-state index in [0.717, 1.165) is 66.0 Å². The minimum Gasteiger partial charge on any atom is -0.436 e. The Morgan fingerprint density at radius 1 is 1.10 bits per heavy atom. The monoisotopic (exact) mass is 419 g/mol. The van der Waals surface area contributed by atoms with Crippen LogP contribution in [0.2, 0.25) is 0 Å². The normalized spacial score (nSPS) is 14.9. The molecule has 1 fully saturated rings. The number of carbonyl (C=O) groups is 1. The van der Waals surface area contributed by atoms with Crippen LogP contribution in [0.4, 0.5) is 5.69 Å². The maximum absolute atomic E-state index is 12.2. The predicted octanol–water partition coefficient (Wildman–Crippen LogP) is 5.31. The lowest BCUT2D eigenvalue weighted by atomic mass is 10.1. The molecule has 1 saturated heterocycles. The first-order valence-electron chi connectivity index (χ1n) is 11.0. The molecule has 6 nitrogen and oxygen atoms in total. The Labute approximate surface area is 182 Å². The zero-order chi connectivity index (χ0) is 21.6. The van der Waals surface area contributed by atoms with Gasteiger partial charge >= 0.3 is 0 Å². The van der Waals surface area contributed by atoms with E-state index in [2.05, 4.69) is 24.9 Å². The molecule has 2 aromatic carbocycles. The summed E-state index contributed by atoms with van der Waals surface area (Å²) in [7, 11) is 0. The highest BCUT2D eigenvalue weighted by Gasteiger charge is 2.16. The van der Waals surface area contributed by atoms with Crippen LogP contribution < -0.4 is 0 Å². The summed E-state index contributed by atoms with van der Waals surface area (Å²) in [5.74, 6) is 0.844. The number of benzene rings is 2. The van der Waals surface area contributed by atoms with Crippen molar-refractivity contribution in [1.82, 2.24) is 9.88 Å². The summed E-state index contributed by atoms with van der Waals surface area (Å²) >= 11 is 0. The molecule has 0 saturated carbocycles. The minimum atomic E-state index is 0.236. The molecular formula is C25H29N3O3. The fourth-order valence-corrected chi connectivity index (χ4v) is 3.75. The van der Waals surface area contributed by atoms with Gasteiger partial charge in [-0.05, 0) is 62.9 Å². The molecule has 1 aromatic heterocycles. The minimum absolute atomic E-state index is 0.236. The number of amides is 1. The van der Waals surface area contributed by atoms with Crippen molar-refractivity contribution in [2.45, 2.75) is 39.5 Å². The van der Waals surface area contributed by atoms with Gasteiger partial charge < -0.3 is 14.1 Å². The number of para-hydroxylation sites is 2. The van der Waals surface area contributed by atoms with Crippen molar-refractivity contribution < 1.29 is 13.9 Å². The molecule has 1 amide bonds. The molecule has 0 atom stereocenters. The molecule has 3 aromatic rings. The molecule has 1 aliphatic rings. The molecule has 0 bridgehead atoms. The number of fused-ring (bicyclic) bond motifs is 1. The van der Waals surface area contributed by atoms with E-state index in [-0.39, 0.29) is 5.91 Å². The van der Waals surface area contributed by atoms with Crippen LogP contribution in [0.15, 0.2) is 51.9 Å². The lowest BCUT2D eigenvalue weighted by Gasteiger charge is -2.26. The number of hydrogen-bond acceptors (Lipinski definition) is 5. The molecule has 31 heavy (non-hydrogen) atoms. The number of aliphatic imine (C=N–C) groups is 1. The summed E-state index contributed by atoms with van der Waals surface area (Å²) in [6.45, 7) is 6.85. The van der Waals surface area contributed by atoms with Crippen LogP contribution in [-0.2, 0) is 9.53 Å². The van der Waals surface area contributed by atoms with Crippen LogP contribution in [0.3, 0.4) is 0 Å². The molecule has 162 valence electrons. The van der Waals surface area contributed by atoms with Gasteiger partial charge in [-0.3, -0.25) is 9.79 Å². The zero-order valence-electron chi connectivity index (χ0n) is 18.3. The van der Waals surface area contributed by atoms with Gasteiger partial charge in [0.1, 0.15) is 5.52 Å². The number of morpholine rings is 1. The van der Waals surface area contributed by atoms with Crippen LogP contribution in [-0.4, -0.2) is 47.8 Å². The third kappa shape index (κ3) is 5.39. The Hall–Kier alpha value is -2.99. The van der Waals surface area contributed by atoms with Crippen LogP contribution in [0.1, 0.15) is 38.2 Å². The quantitative estimate of drug-likeness (QED) is 0.384. The molecule has 2 heterocycles. The van der Waals surface area contributed by atoms with Gasteiger partial charge in [-0.1, -0.05) is 18.2 Å². The number of oxazole rings is 1. The van der Waals surface area contributed by atoms with Gasteiger partial charge in [0.2, 0.25) is 11.8 Å². The Morgan fingerprint density at radius 2 is 1.87 bits per heavy atom. The lowest BCUT2D eigenvalue weighted by Crippen LogP contribution is -2.40. The molecule has 0 unspecified atom stereocenters. The lowest BCUT2D eigenvalue weighted by molar-refractivity contribution is -0.135. The van der Waals surface area contributed by atoms with E-state index >= 15 is 0 Å². The summed E-state index contributed by atoms with van der Waals surface area (Å²) in [6.07, 6.45) is 3.31. The molecule has 0 aliphatic carbocycles. The van der Waals surface area contributed by atoms with E-state index in [9.17, 15) is 4.79 Å². The third-order valence-electron chi connectivity index (χ3n) is 5.60. The van der Waals surface area contributed by atoms with Crippen LogP contribution >= 0.6 is 0 Å². The summed E-state index contributed by atoms with van der Waals surface area (Å²) < 4.78 is 11.2. The van der Waals surface area contributed by atoms with Crippen molar-refractivity contribution in [2.75, 3.05) is 26.3 Å². The van der Waals surface area contributed by atoms with Crippen molar-refractivity contribution >= 4 is 28.4 Å². The van der Waals surface area contributed by atoms with Crippen molar-refractivity contribution in [3.8, 4) is 11.5 Å². The zero-order valence-corrected chi connectivity index (χ0v) is 18.3. The molecule has 4 rings (SSSR count). The highest BCUT2D eigenvalue weighted by Crippen LogP contribution is 2.29. The maximum atomic E-state index is 12.2. The van der Waals surface area contributed by atoms with Crippen LogP contribution in [0.25, 0.3) is 22.6 Å². The van der Waals surface area contributed by atoms with Gasteiger partial charge in [0.25, 0.3) is 0 Å². The summed E-state index contributed by atoms with van der Waals surface area (Å²) in [6, 6.07) is 13.9. The SMILES string of the molecule is CC(CCCCC(=O)N1CCOCC1)=Nc1cc(-c2nc3ccccc3o2)ccc1C. The maximum Gasteiger partial charge on any atom is 0.227 e. The number of ether oxygens (including phenoxy) is 1.